The molecule has 0 fully saturated rings. The lowest BCUT2D eigenvalue weighted by Gasteiger charge is -2.15. The molecule has 0 heterocycles. The summed E-state index contributed by atoms with van der Waals surface area (Å²) in [5, 5.41) is 2.76. The Morgan fingerprint density at radius 2 is 1.88 bits per heavy atom. The van der Waals surface area contributed by atoms with E-state index in [1.165, 1.54) is 18.2 Å². The van der Waals surface area contributed by atoms with Crippen molar-refractivity contribution in [3.05, 3.63) is 54.3 Å². The van der Waals surface area contributed by atoms with Crippen molar-refractivity contribution in [3.63, 3.8) is 0 Å². The van der Waals surface area contributed by atoms with E-state index in [1.807, 2.05) is 19.0 Å². The first-order valence-corrected chi connectivity index (χ1v) is 8.05. The lowest BCUT2D eigenvalue weighted by molar-refractivity contribution is -0.122. The van der Waals surface area contributed by atoms with Crippen molar-refractivity contribution in [2.75, 3.05) is 32.6 Å². The first-order valence-electron chi connectivity index (χ1n) is 8.05. The summed E-state index contributed by atoms with van der Waals surface area (Å²) in [6, 6.07) is 12.8. The Morgan fingerprint density at radius 3 is 2.52 bits per heavy atom. The molecule has 0 aliphatic rings. The fourth-order valence-electron chi connectivity index (χ4n) is 2.02. The van der Waals surface area contributed by atoms with E-state index in [9.17, 15) is 9.18 Å². The summed E-state index contributed by atoms with van der Waals surface area (Å²) < 4.78 is 24.2. The molecule has 0 aliphatic carbocycles. The quantitative estimate of drug-likeness (QED) is 0.798. The SMILES string of the molecule is CC(Oc1cccc(F)c1)C(=O)Nc1ccc(OCCN(C)C)cc1. The summed E-state index contributed by atoms with van der Waals surface area (Å²) in [4.78, 5) is 14.2. The summed E-state index contributed by atoms with van der Waals surface area (Å²) in [6.45, 7) is 3.03. The number of carbonyl (C=O) groups is 1. The van der Waals surface area contributed by atoms with Gasteiger partial charge in [-0.2, -0.15) is 0 Å². The predicted molar refractivity (Wildman–Crippen MR) is 95.6 cm³/mol. The van der Waals surface area contributed by atoms with Crippen LogP contribution >= 0.6 is 0 Å². The van der Waals surface area contributed by atoms with Gasteiger partial charge in [-0.05, 0) is 57.4 Å². The Labute approximate surface area is 147 Å². The van der Waals surface area contributed by atoms with E-state index >= 15 is 0 Å². The number of nitrogens with one attached hydrogen (secondary N) is 1. The molecule has 0 saturated carbocycles. The number of nitrogens with zero attached hydrogens (tertiary/aromatic N) is 1. The Bertz CT molecular complexity index is 689. The average molecular weight is 346 g/mol. The Balaban J connectivity index is 1.85. The van der Waals surface area contributed by atoms with Gasteiger partial charge in [0.15, 0.2) is 6.10 Å². The van der Waals surface area contributed by atoms with Crippen molar-refractivity contribution in [3.8, 4) is 11.5 Å². The molecule has 6 heteroatoms. The van der Waals surface area contributed by atoms with Gasteiger partial charge >= 0.3 is 0 Å². The number of hydrogen-bond acceptors (Lipinski definition) is 4. The third-order valence-electron chi connectivity index (χ3n) is 3.41. The standard InChI is InChI=1S/C19H23FN2O3/c1-14(25-18-6-4-5-15(20)13-18)19(23)21-16-7-9-17(10-8-16)24-12-11-22(2)3/h4-10,13-14H,11-12H2,1-3H3,(H,21,23). The molecule has 0 saturated heterocycles. The van der Waals surface area contributed by atoms with E-state index in [0.29, 0.717) is 18.0 Å². The van der Waals surface area contributed by atoms with Gasteiger partial charge in [-0.1, -0.05) is 6.07 Å². The van der Waals surface area contributed by atoms with Crippen LogP contribution in [0.3, 0.4) is 0 Å². The maximum absolute atomic E-state index is 13.1. The molecule has 0 bridgehead atoms. The molecule has 134 valence electrons. The predicted octanol–water partition coefficient (Wildman–Crippen LogP) is 3.17. The molecule has 0 spiro atoms. The van der Waals surface area contributed by atoms with Crippen molar-refractivity contribution in [2.24, 2.45) is 0 Å². The van der Waals surface area contributed by atoms with Crippen molar-refractivity contribution in [1.29, 1.82) is 0 Å². The molecular formula is C19H23FN2O3. The highest BCUT2D eigenvalue weighted by molar-refractivity contribution is 5.94. The van der Waals surface area contributed by atoms with Crippen LogP contribution in [0, 0.1) is 5.82 Å². The van der Waals surface area contributed by atoms with Gasteiger partial charge < -0.3 is 19.7 Å². The summed E-state index contributed by atoms with van der Waals surface area (Å²) in [7, 11) is 3.96. The van der Waals surface area contributed by atoms with Crippen molar-refractivity contribution < 1.29 is 18.7 Å². The van der Waals surface area contributed by atoms with E-state index in [4.69, 9.17) is 9.47 Å². The third-order valence-corrected chi connectivity index (χ3v) is 3.41. The summed E-state index contributed by atoms with van der Waals surface area (Å²) in [6.07, 6.45) is -0.752. The molecule has 5 nitrogen and oxygen atoms in total. The fourth-order valence-corrected chi connectivity index (χ4v) is 2.02. The fraction of sp³-hybridized carbons (Fsp3) is 0.316. The zero-order valence-corrected chi connectivity index (χ0v) is 14.7. The van der Waals surface area contributed by atoms with Gasteiger partial charge in [0, 0.05) is 18.3 Å². The Hall–Kier alpha value is -2.60. The van der Waals surface area contributed by atoms with E-state index in [2.05, 4.69) is 5.32 Å². The number of ether oxygens (including phenoxy) is 2. The highest BCUT2D eigenvalue weighted by atomic mass is 19.1. The molecule has 0 aliphatic heterocycles. The number of carbonyl (C=O) groups excluding carboxylic acids is 1. The third kappa shape index (κ3) is 6.43. The molecule has 0 radical (unpaired) electrons. The number of anilines is 1. The molecule has 25 heavy (non-hydrogen) atoms. The zero-order valence-electron chi connectivity index (χ0n) is 14.7. The van der Waals surface area contributed by atoms with Crippen LogP contribution in [0.5, 0.6) is 11.5 Å². The van der Waals surface area contributed by atoms with Gasteiger partial charge in [0.05, 0.1) is 0 Å². The summed E-state index contributed by atoms with van der Waals surface area (Å²) >= 11 is 0. The van der Waals surface area contributed by atoms with Crippen LogP contribution in [0.25, 0.3) is 0 Å². The lowest BCUT2D eigenvalue weighted by Crippen LogP contribution is -2.30. The van der Waals surface area contributed by atoms with E-state index in [0.717, 1.165) is 12.3 Å². The van der Waals surface area contributed by atoms with E-state index in [1.54, 1.807) is 37.3 Å². The molecule has 1 amide bonds. The molecule has 1 atom stereocenters. The summed E-state index contributed by atoms with van der Waals surface area (Å²) in [5.41, 5.74) is 0.639. The second kappa shape index (κ2) is 9.03. The zero-order chi connectivity index (χ0) is 18.2. The molecule has 2 aromatic rings. The van der Waals surface area contributed by atoms with Gasteiger partial charge in [-0.15, -0.1) is 0 Å². The normalized spacial score (nSPS) is 11.9. The molecule has 2 aromatic carbocycles. The van der Waals surface area contributed by atoms with Crippen LogP contribution in [0.4, 0.5) is 10.1 Å². The topological polar surface area (TPSA) is 50.8 Å². The molecule has 0 aromatic heterocycles. The van der Waals surface area contributed by atoms with Crippen molar-refractivity contribution >= 4 is 11.6 Å². The van der Waals surface area contributed by atoms with Gasteiger partial charge in [-0.25, -0.2) is 4.39 Å². The molecule has 1 N–H and O–H groups in total. The van der Waals surface area contributed by atoms with E-state index < -0.39 is 11.9 Å². The largest absolute Gasteiger partial charge is 0.492 e. The number of amides is 1. The highest BCUT2D eigenvalue weighted by Gasteiger charge is 2.15. The van der Waals surface area contributed by atoms with E-state index in [-0.39, 0.29) is 5.91 Å². The molecule has 2 rings (SSSR count). The van der Waals surface area contributed by atoms with Gasteiger partial charge in [-0.3, -0.25) is 4.79 Å². The maximum atomic E-state index is 13.1. The van der Waals surface area contributed by atoms with Crippen LogP contribution < -0.4 is 14.8 Å². The Morgan fingerprint density at radius 1 is 1.16 bits per heavy atom. The van der Waals surface area contributed by atoms with Crippen LogP contribution in [-0.4, -0.2) is 44.2 Å². The van der Waals surface area contributed by atoms with Crippen LogP contribution in [0.1, 0.15) is 6.92 Å². The van der Waals surface area contributed by atoms with Gasteiger partial charge in [0.2, 0.25) is 0 Å². The average Bonchev–Trinajstić information content (AvgIpc) is 2.56. The molecule has 1 unspecified atom stereocenters. The number of benzene rings is 2. The summed E-state index contributed by atoms with van der Waals surface area (Å²) in [5.74, 6) is 0.330. The second-order valence-electron chi connectivity index (χ2n) is 5.88. The smallest absolute Gasteiger partial charge is 0.265 e. The Kier molecular flexibility index (Phi) is 6.77. The highest BCUT2D eigenvalue weighted by Crippen LogP contribution is 2.17. The minimum Gasteiger partial charge on any atom is -0.492 e. The first kappa shape index (κ1) is 18.7. The molecular weight excluding hydrogens is 323 g/mol. The van der Waals surface area contributed by atoms with Crippen molar-refractivity contribution in [2.45, 2.75) is 13.0 Å². The minimum absolute atomic E-state index is 0.312. The monoisotopic (exact) mass is 346 g/mol. The lowest BCUT2D eigenvalue weighted by atomic mass is 10.2. The number of halogens is 1. The second-order valence-corrected chi connectivity index (χ2v) is 5.88. The number of likely N-dealkylation sites (N-methyl/N-ethyl adjacent to an activating group) is 1. The maximum Gasteiger partial charge on any atom is 0.265 e. The van der Waals surface area contributed by atoms with Gasteiger partial charge in [0.25, 0.3) is 5.91 Å². The van der Waals surface area contributed by atoms with Gasteiger partial charge in [0.1, 0.15) is 23.9 Å². The number of hydrogen-bond donors (Lipinski definition) is 1. The van der Waals surface area contributed by atoms with Crippen molar-refractivity contribution in [1.82, 2.24) is 4.90 Å². The minimum atomic E-state index is -0.752. The van der Waals surface area contributed by atoms with Crippen LogP contribution in [-0.2, 0) is 4.79 Å². The van der Waals surface area contributed by atoms with Crippen LogP contribution in [0.2, 0.25) is 0 Å². The first-order chi connectivity index (χ1) is 11.9. The van der Waals surface area contributed by atoms with Crippen LogP contribution in [0.15, 0.2) is 48.5 Å². The number of rotatable bonds is 8.